The molecular formula is C21H23N3O4S. The van der Waals surface area contributed by atoms with Crippen LogP contribution in [0.4, 0.5) is 4.79 Å². The summed E-state index contributed by atoms with van der Waals surface area (Å²) in [6.45, 7) is 1.08. The highest BCUT2D eigenvalue weighted by Gasteiger charge is 2.42. The van der Waals surface area contributed by atoms with Crippen molar-refractivity contribution in [3.8, 4) is 5.75 Å². The minimum Gasteiger partial charge on any atom is -0.496 e. The van der Waals surface area contributed by atoms with Crippen molar-refractivity contribution in [2.45, 2.75) is 37.0 Å². The van der Waals surface area contributed by atoms with Gasteiger partial charge >= 0.3 is 6.03 Å². The molecule has 1 saturated heterocycles. The first kappa shape index (κ1) is 19.7. The minimum atomic E-state index is -0.477. The van der Waals surface area contributed by atoms with E-state index in [9.17, 15) is 14.4 Å². The largest absolute Gasteiger partial charge is 0.496 e. The van der Waals surface area contributed by atoms with Crippen molar-refractivity contribution in [1.82, 2.24) is 9.80 Å². The number of fused-ring (bicyclic) bond motifs is 1. The number of imide groups is 1. The molecule has 3 heterocycles. The fraction of sp³-hybridized carbons (Fsp3) is 0.429. The Kier molecular flexibility index (Phi) is 5.71. The molecule has 1 unspecified atom stereocenters. The van der Waals surface area contributed by atoms with Gasteiger partial charge in [-0.1, -0.05) is 18.2 Å². The van der Waals surface area contributed by atoms with E-state index in [0.717, 1.165) is 11.3 Å². The van der Waals surface area contributed by atoms with Crippen molar-refractivity contribution in [1.29, 1.82) is 0 Å². The number of para-hydroxylation sites is 1. The van der Waals surface area contributed by atoms with Gasteiger partial charge in [-0.05, 0) is 42.4 Å². The van der Waals surface area contributed by atoms with Crippen LogP contribution in [0.1, 0.15) is 24.8 Å². The molecule has 0 saturated carbocycles. The van der Waals surface area contributed by atoms with Crippen LogP contribution in [0.15, 0.2) is 40.7 Å². The van der Waals surface area contributed by atoms with Crippen LogP contribution in [0, 0.1) is 0 Å². The SMILES string of the molecule is COc1ccccc1CCC(=O)N1CCC(N2C(=O)N=C3C=CSC3C2=O)CC1. The second-order valence-electron chi connectivity index (χ2n) is 7.27. The summed E-state index contributed by atoms with van der Waals surface area (Å²) in [5.41, 5.74) is 1.56. The van der Waals surface area contributed by atoms with E-state index in [1.54, 1.807) is 18.6 Å². The summed E-state index contributed by atoms with van der Waals surface area (Å²) in [5.74, 6) is 0.692. The number of urea groups is 1. The Morgan fingerprint density at radius 3 is 2.76 bits per heavy atom. The molecule has 4 rings (SSSR count). The predicted octanol–water partition coefficient (Wildman–Crippen LogP) is 2.65. The maximum atomic E-state index is 12.7. The third-order valence-corrected chi connectivity index (χ3v) is 6.61. The van der Waals surface area contributed by atoms with E-state index in [1.807, 2.05) is 29.2 Å². The monoisotopic (exact) mass is 413 g/mol. The average Bonchev–Trinajstić information content (AvgIpc) is 3.21. The summed E-state index contributed by atoms with van der Waals surface area (Å²) in [5, 5.41) is 1.41. The molecule has 0 spiro atoms. The number of hydrogen-bond acceptors (Lipinski definition) is 5. The van der Waals surface area contributed by atoms with E-state index in [0.29, 0.717) is 44.5 Å². The van der Waals surface area contributed by atoms with E-state index >= 15 is 0 Å². The summed E-state index contributed by atoms with van der Waals surface area (Å²) < 4.78 is 5.34. The van der Waals surface area contributed by atoms with Crippen LogP contribution in [0.3, 0.4) is 0 Å². The molecule has 3 aliphatic rings. The van der Waals surface area contributed by atoms with Gasteiger partial charge in [-0.25, -0.2) is 4.79 Å². The Hall–Kier alpha value is -2.61. The van der Waals surface area contributed by atoms with E-state index < -0.39 is 11.3 Å². The van der Waals surface area contributed by atoms with Crippen molar-refractivity contribution in [2.24, 2.45) is 4.99 Å². The number of piperidine rings is 1. The van der Waals surface area contributed by atoms with Crippen LogP contribution in [-0.4, -0.2) is 64.8 Å². The van der Waals surface area contributed by atoms with Gasteiger partial charge in [0.05, 0.1) is 12.8 Å². The van der Waals surface area contributed by atoms with Gasteiger partial charge in [0, 0.05) is 25.6 Å². The number of hydrogen-bond donors (Lipinski definition) is 0. The number of rotatable bonds is 5. The number of carbonyl (C=O) groups excluding carboxylic acids is 3. The van der Waals surface area contributed by atoms with Gasteiger partial charge in [0.1, 0.15) is 11.0 Å². The normalized spacial score (nSPS) is 22.0. The molecule has 1 atom stereocenters. The zero-order valence-electron chi connectivity index (χ0n) is 16.2. The number of allylic oxidation sites excluding steroid dienone is 1. The summed E-state index contributed by atoms with van der Waals surface area (Å²) >= 11 is 1.39. The van der Waals surface area contributed by atoms with Gasteiger partial charge in [-0.3, -0.25) is 14.5 Å². The first-order valence-electron chi connectivity index (χ1n) is 9.76. The topological polar surface area (TPSA) is 79.3 Å². The summed E-state index contributed by atoms with van der Waals surface area (Å²) in [4.78, 5) is 44.9. The number of amides is 4. The van der Waals surface area contributed by atoms with E-state index in [2.05, 4.69) is 4.99 Å². The Labute approximate surface area is 173 Å². The molecule has 152 valence electrons. The van der Waals surface area contributed by atoms with Crippen LogP contribution in [0.2, 0.25) is 0 Å². The highest BCUT2D eigenvalue weighted by molar-refractivity contribution is 8.04. The third-order valence-electron chi connectivity index (χ3n) is 5.60. The van der Waals surface area contributed by atoms with Crippen LogP contribution in [-0.2, 0) is 16.0 Å². The van der Waals surface area contributed by atoms with Crippen molar-refractivity contribution in [3.05, 3.63) is 41.3 Å². The lowest BCUT2D eigenvalue weighted by Gasteiger charge is -2.38. The molecular weight excluding hydrogens is 390 g/mol. The number of likely N-dealkylation sites (tertiary alicyclic amines) is 1. The summed E-state index contributed by atoms with van der Waals surface area (Å²) in [6, 6.07) is 7.03. The van der Waals surface area contributed by atoms with Crippen molar-refractivity contribution < 1.29 is 19.1 Å². The molecule has 29 heavy (non-hydrogen) atoms. The number of nitrogens with zero attached hydrogens (tertiary/aromatic N) is 3. The molecule has 0 aliphatic carbocycles. The molecule has 1 aromatic rings. The molecule has 3 aliphatic heterocycles. The van der Waals surface area contributed by atoms with E-state index in [-0.39, 0.29) is 17.9 Å². The van der Waals surface area contributed by atoms with Crippen LogP contribution in [0.25, 0.3) is 0 Å². The fourth-order valence-electron chi connectivity index (χ4n) is 4.03. The minimum absolute atomic E-state index is 0.0847. The number of aliphatic imine (C=N–C) groups is 1. The predicted molar refractivity (Wildman–Crippen MR) is 111 cm³/mol. The van der Waals surface area contributed by atoms with Crippen LogP contribution >= 0.6 is 11.8 Å². The molecule has 0 aromatic heterocycles. The maximum absolute atomic E-state index is 12.7. The Bertz CT molecular complexity index is 890. The first-order chi connectivity index (χ1) is 14.1. The summed E-state index contributed by atoms with van der Waals surface area (Å²) in [6.07, 6.45) is 3.94. The molecule has 1 aromatic carbocycles. The highest BCUT2D eigenvalue weighted by atomic mass is 32.2. The van der Waals surface area contributed by atoms with Crippen molar-refractivity contribution >= 4 is 35.3 Å². The van der Waals surface area contributed by atoms with Crippen molar-refractivity contribution in [2.75, 3.05) is 20.2 Å². The first-order valence-corrected chi connectivity index (χ1v) is 10.7. The zero-order chi connectivity index (χ0) is 20.4. The molecule has 1 fully saturated rings. The average molecular weight is 413 g/mol. The number of ether oxygens (including phenoxy) is 1. The highest BCUT2D eigenvalue weighted by Crippen LogP contribution is 2.31. The second-order valence-corrected chi connectivity index (χ2v) is 8.29. The lowest BCUT2D eigenvalue weighted by molar-refractivity contribution is -0.133. The molecule has 8 heteroatoms. The quantitative estimate of drug-likeness (QED) is 0.742. The molecule has 0 bridgehead atoms. The van der Waals surface area contributed by atoms with E-state index in [1.165, 1.54) is 16.7 Å². The number of aryl methyl sites for hydroxylation is 1. The smallest absolute Gasteiger partial charge is 0.350 e. The van der Waals surface area contributed by atoms with Gasteiger partial charge in [-0.2, -0.15) is 4.99 Å². The summed E-state index contributed by atoms with van der Waals surface area (Å²) in [7, 11) is 1.63. The number of carbonyl (C=O) groups is 3. The Morgan fingerprint density at radius 1 is 1.24 bits per heavy atom. The molecule has 0 N–H and O–H groups in total. The zero-order valence-corrected chi connectivity index (χ0v) is 17.1. The fourth-order valence-corrected chi connectivity index (χ4v) is 4.90. The number of thioether (sulfide) groups is 1. The van der Waals surface area contributed by atoms with Crippen molar-refractivity contribution in [3.63, 3.8) is 0 Å². The van der Waals surface area contributed by atoms with Crippen LogP contribution < -0.4 is 4.74 Å². The van der Waals surface area contributed by atoms with Gasteiger partial charge in [-0.15, -0.1) is 11.8 Å². The van der Waals surface area contributed by atoms with Gasteiger partial charge in [0.25, 0.3) is 5.91 Å². The van der Waals surface area contributed by atoms with Crippen LogP contribution in [0.5, 0.6) is 5.75 Å². The lowest BCUT2D eigenvalue weighted by Crippen LogP contribution is -2.55. The van der Waals surface area contributed by atoms with Gasteiger partial charge in [0.15, 0.2) is 0 Å². The Balaban J connectivity index is 1.32. The molecule has 0 radical (unpaired) electrons. The van der Waals surface area contributed by atoms with E-state index in [4.69, 9.17) is 4.74 Å². The number of benzene rings is 1. The maximum Gasteiger partial charge on any atom is 0.350 e. The van der Waals surface area contributed by atoms with Gasteiger partial charge in [0.2, 0.25) is 5.91 Å². The number of methoxy groups -OCH3 is 1. The second kappa shape index (κ2) is 8.41. The molecule has 7 nitrogen and oxygen atoms in total. The lowest BCUT2D eigenvalue weighted by atomic mass is 10.0. The Morgan fingerprint density at radius 2 is 2.00 bits per heavy atom. The van der Waals surface area contributed by atoms with Gasteiger partial charge < -0.3 is 9.64 Å². The standard InChI is InChI=1S/C21H23N3O4S/c1-28-17-5-3-2-4-14(17)6-7-18(25)23-11-8-15(9-12-23)24-20(26)19-16(10-13-29-19)22-21(24)27/h2-5,10,13,15,19H,6-9,11-12H2,1H3. The third kappa shape index (κ3) is 3.94. The molecule has 4 amide bonds.